The van der Waals surface area contributed by atoms with E-state index in [2.05, 4.69) is 5.32 Å². The van der Waals surface area contributed by atoms with Gasteiger partial charge in [0.05, 0.1) is 11.1 Å². The van der Waals surface area contributed by atoms with Crippen molar-refractivity contribution in [2.45, 2.75) is 18.4 Å². The third kappa shape index (κ3) is 3.15. The second kappa shape index (κ2) is 6.65. The molecule has 0 radical (unpaired) electrons. The molecule has 2 aromatic rings. The van der Waals surface area contributed by atoms with Crippen LogP contribution in [0.2, 0.25) is 5.02 Å². The van der Waals surface area contributed by atoms with Gasteiger partial charge in [-0.05, 0) is 49.2 Å². The second-order valence-corrected chi connectivity index (χ2v) is 7.25. The molecule has 2 amide bonds. The highest BCUT2D eigenvalue weighted by Gasteiger charge is 2.40. The lowest BCUT2D eigenvalue weighted by molar-refractivity contribution is 0.0555. The number of hydrogen-bond donors (Lipinski definition) is 1. The Morgan fingerprint density at radius 1 is 1.08 bits per heavy atom. The molecule has 1 saturated heterocycles. The number of para-hydroxylation sites is 1. The number of nitrogens with one attached hydrogen (secondary N) is 1. The Morgan fingerprint density at radius 2 is 1.77 bits per heavy atom. The van der Waals surface area contributed by atoms with Crippen molar-refractivity contribution >= 4 is 23.4 Å². The first-order valence-electron chi connectivity index (χ1n) is 8.66. The number of carbonyl (C=O) groups excluding carboxylic acids is 2. The first-order valence-corrected chi connectivity index (χ1v) is 9.03. The Balaban J connectivity index is 1.46. The smallest absolute Gasteiger partial charge is 0.255 e. The van der Waals surface area contributed by atoms with E-state index in [9.17, 15) is 9.59 Å². The van der Waals surface area contributed by atoms with Crippen molar-refractivity contribution in [3.05, 3.63) is 64.7 Å². The monoisotopic (exact) mass is 370 g/mol. The van der Waals surface area contributed by atoms with E-state index in [0.717, 1.165) is 0 Å². The van der Waals surface area contributed by atoms with Gasteiger partial charge in [0.2, 0.25) is 0 Å². The third-order valence-corrected chi connectivity index (χ3v) is 5.37. The van der Waals surface area contributed by atoms with Crippen LogP contribution in [-0.2, 0) is 0 Å². The maximum absolute atomic E-state index is 12.7. The number of rotatable bonds is 1. The molecule has 0 aromatic heterocycles. The van der Waals surface area contributed by atoms with Gasteiger partial charge in [-0.25, -0.2) is 0 Å². The summed E-state index contributed by atoms with van der Waals surface area (Å²) in [5, 5.41) is 3.75. The first-order chi connectivity index (χ1) is 12.6. The van der Waals surface area contributed by atoms with E-state index in [1.807, 2.05) is 23.1 Å². The summed E-state index contributed by atoms with van der Waals surface area (Å²) in [6.45, 7) is 1.56. The lowest BCUT2D eigenvalue weighted by Crippen LogP contribution is -2.58. The Labute approximate surface area is 156 Å². The van der Waals surface area contributed by atoms with Crippen LogP contribution in [0.5, 0.6) is 5.75 Å². The fourth-order valence-corrected chi connectivity index (χ4v) is 3.65. The molecular weight excluding hydrogens is 352 g/mol. The largest absolute Gasteiger partial charge is 0.490 e. The fraction of sp³-hybridized carbons (Fsp3) is 0.300. The summed E-state index contributed by atoms with van der Waals surface area (Å²) in [4.78, 5) is 27.0. The highest BCUT2D eigenvalue weighted by molar-refractivity contribution is 6.30. The van der Waals surface area contributed by atoms with Crippen molar-refractivity contribution in [3.63, 3.8) is 0 Å². The zero-order valence-corrected chi connectivity index (χ0v) is 15.0. The molecule has 0 unspecified atom stereocenters. The van der Waals surface area contributed by atoms with Gasteiger partial charge in [0.25, 0.3) is 11.8 Å². The molecule has 0 bridgehead atoms. The van der Waals surface area contributed by atoms with E-state index in [1.165, 1.54) is 0 Å². The highest BCUT2D eigenvalue weighted by Crippen LogP contribution is 2.30. The molecule has 134 valence electrons. The molecule has 0 aliphatic carbocycles. The SMILES string of the molecule is O=C1NC2(CCN(C(=O)c3ccc(Cl)cc3)CC2)COc2ccccc21. The molecule has 2 aliphatic heterocycles. The van der Waals surface area contributed by atoms with Crippen LogP contribution in [0.25, 0.3) is 0 Å². The summed E-state index contributed by atoms with van der Waals surface area (Å²) in [7, 11) is 0. The van der Waals surface area contributed by atoms with Gasteiger partial charge >= 0.3 is 0 Å². The Kier molecular flexibility index (Phi) is 4.32. The topological polar surface area (TPSA) is 58.6 Å². The van der Waals surface area contributed by atoms with Gasteiger partial charge in [0.1, 0.15) is 12.4 Å². The maximum atomic E-state index is 12.7. The zero-order chi connectivity index (χ0) is 18.1. The van der Waals surface area contributed by atoms with Crippen LogP contribution in [0.3, 0.4) is 0 Å². The minimum atomic E-state index is -0.438. The van der Waals surface area contributed by atoms with E-state index in [0.29, 0.717) is 54.4 Å². The average molecular weight is 371 g/mol. The predicted molar refractivity (Wildman–Crippen MR) is 98.7 cm³/mol. The fourth-order valence-electron chi connectivity index (χ4n) is 3.52. The molecule has 0 saturated carbocycles. The van der Waals surface area contributed by atoms with Gasteiger partial charge in [-0.15, -0.1) is 0 Å². The minimum Gasteiger partial charge on any atom is -0.490 e. The summed E-state index contributed by atoms with van der Waals surface area (Å²) in [6, 6.07) is 14.2. The molecule has 6 heteroatoms. The van der Waals surface area contributed by atoms with Gasteiger partial charge in [-0.2, -0.15) is 0 Å². The van der Waals surface area contributed by atoms with Crippen LogP contribution in [0.4, 0.5) is 0 Å². The van der Waals surface area contributed by atoms with Crippen molar-refractivity contribution in [1.29, 1.82) is 0 Å². The maximum Gasteiger partial charge on any atom is 0.255 e. The summed E-state index contributed by atoms with van der Waals surface area (Å²) >= 11 is 5.89. The van der Waals surface area contributed by atoms with Crippen LogP contribution in [0.1, 0.15) is 33.6 Å². The highest BCUT2D eigenvalue weighted by atomic mass is 35.5. The standard InChI is InChI=1S/C20H19ClN2O3/c21-15-7-5-14(6-8-15)19(25)23-11-9-20(10-12-23)13-26-17-4-2-1-3-16(17)18(24)22-20/h1-8H,9-13H2,(H,22,24). The lowest BCUT2D eigenvalue weighted by atomic mass is 9.87. The molecule has 4 rings (SSSR count). The van der Waals surface area contributed by atoms with Crippen LogP contribution < -0.4 is 10.1 Å². The summed E-state index contributed by atoms with van der Waals surface area (Å²) < 4.78 is 5.90. The van der Waals surface area contributed by atoms with E-state index >= 15 is 0 Å². The Hall–Kier alpha value is -2.53. The molecule has 2 heterocycles. The number of amides is 2. The van der Waals surface area contributed by atoms with Crippen LogP contribution in [0.15, 0.2) is 48.5 Å². The van der Waals surface area contributed by atoms with Crippen LogP contribution in [0, 0.1) is 0 Å². The Bertz CT molecular complexity index is 842. The van der Waals surface area contributed by atoms with Crippen molar-refractivity contribution < 1.29 is 14.3 Å². The third-order valence-electron chi connectivity index (χ3n) is 5.11. The molecule has 2 aromatic carbocycles. The average Bonchev–Trinajstić information content (AvgIpc) is 2.80. The van der Waals surface area contributed by atoms with E-state index in [4.69, 9.17) is 16.3 Å². The van der Waals surface area contributed by atoms with Crippen molar-refractivity contribution in [2.75, 3.05) is 19.7 Å². The number of likely N-dealkylation sites (tertiary alicyclic amines) is 1. The van der Waals surface area contributed by atoms with Crippen molar-refractivity contribution in [1.82, 2.24) is 10.2 Å². The number of fused-ring (bicyclic) bond motifs is 1. The molecule has 1 fully saturated rings. The van der Waals surface area contributed by atoms with E-state index in [-0.39, 0.29) is 11.8 Å². The number of hydrogen-bond acceptors (Lipinski definition) is 3. The van der Waals surface area contributed by atoms with Crippen molar-refractivity contribution in [3.8, 4) is 5.75 Å². The molecule has 2 aliphatic rings. The predicted octanol–water partition coefficient (Wildman–Crippen LogP) is 3.14. The van der Waals surface area contributed by atoms with Gasteiger partial charge in [-0.3, -0.25) is 9.59 Å². The van der Waals surface area contributed by atoms with Crippen LogP contribution in [-0.4, -0.2) is 41.9 Å². The number of halogens is 1. The second-order valence-electron chi connectivity index (χ2n) is 6.82. The number of piperidine rings is 1. The van der Waals surface area contributed by atoms with Crippen molar-refractivity contribution in [2.24, 2.45) is 0 Å². The quantitative estimate of drug-likeness (QED) is 0.839. The number of carbonyl (C=O) groups is 2. The first kappa shape index (κ1) is 16.9. The lowest BCUT2D eigenvalue weighted by Gasteiger charge is -2.41. The summed E-state index contributed by atoms with van der Waals surface area (Å²) in [6.07, 6.45) is 1.32. The number of nitrogens with zero attached hydrogens (tertiary/aromatic N) is 1. The summed E-state index contributed by atoms with van der Waals surface area (Å²) in [5.41, 5.74) is 0.746. The Morgan fingerprint density at radius 3 is 2.50 bits per heavy atom. The molecule has 5 nitrogen and oxygen atoms in total. The molecule has 1 spiro atoms. The minimum absolute atomic E-state index is 0.0133. The normalized spacial score (nSPS) is 18.5. The molecule has 1 N–H and O–H groups in total. The van der Waals surface area contributed by atoms with Gasteiger partial charge in [-0.1, -0.05) is 23.7 Å². The van der Waals surface area contributed by atoms with Gasteiger partial charge in [0, 0.05) is 23.7 Å². The van der Waals surface area contributed by atoms with E-state index in [1.54, 1.807) is 30.3 Å². The summed E-state index contributed by atoms with van der Waals surface area (Å²) in [5.74, 6) is 0.484. The molecule has 0 atom stereocenters. The number of ether oxygens (including phenoxy) is 1. The molecular formula is C20H19ClN2O3. The zero-order valence-electron chi connectivity index (χ0n) is 14.2. The molecule has 26 heavy (non-hydrogen) atoms. The number of benzene rings is 2. The van der Waals surface area contributed by atoms with Crippen LogP contribution >= 0.6 is 11.6 Å². The van der Waals surface area contributed by atoms with Gasteiger partial charge < -0.3 is 15.0 Å². The van der Waals surface area contributed by atoms with Gasteiger partial charge in [0.15, 0.2) is 0 Å². The van der Waals surface area contributed by atoms with E-state index < -0.39 is 5.54 Å².